The van der Waals surface area contributed by atoms with Crippen molar-refractivity contribution in [3.05, 3.63) is 12.2 Å². The molecule has 1 aliphatic carbocycles. The number of alkyl halides is 1. The van der Waals surface area contributed by atoms with Gasteiger partial charge in [0.1, 0.15) is 6.29 Å². The number of allylic oxidation sites excluding steroid dienone is 2. The molecule has 0 spiro atoms. The molecule has 1 saturated carbocycles. The molecule has 0 amide bonds. The largest absolute Gasteiger partial charge is 0.299 e. The average molecular weight is 231 g/mol. The molecule has 12 heavy (non-hydrogen) atoms. The Morgan fingerprint density at radius 2 is 2.08 bits per heavy atom. The highest BCUT2D eigenvalue weighted by Gasteiger charge is 2.21. The van der Waals surface area contributed by atoms with E-state index >= 15 is 0 Å². The van der Waals surface area contributed by atoms with Gasteiger partial charge in [0.2, 0.25) is 0 Å². The van der Waals surface area contributed by atoms with Crippen LogP contribution in [0.15, 0.2) is 12.2 Å². The second kappa shape index (κ2) is 5.52. The number of carbonyl (C=O) groups is 1. The first-order valence-corrected chi connectivity index (χ1v) is 5.68. The standard InChI is InChI=1S/C10H15BrO/c11-8-10-5-2-1-4-9(10)6-3-7-12/h3,6-7,9-10H,1-2,4-5,8H2/b6-3+/t9-,10+/m1/s1. The highest BCUT2D eigenvalue weighted by Crippen LogP contribution is 2.31. The Balaban J connectivity index is 2.46. The summed E-state index contributed by atoms with van der Waals surface area (Å²) in [5.74, 6) is 1.37. The molecule has 0 aliphatic heterocycles. The van der Waals surface area contributed by atoms with Crippen molar-refractivity contribution in [2.75, 3.05) is 5.33 Å². The molecule has 0 radical (unpaired) electrons. The van der Waals surface area contributed by atoms with Crippen LogP contribution >= 0.6 is 15.9 Å². The lowest BCUT2D eigenvalue weighted by molar-refractivity contribution is -0.104. The molecule has 0 aromatic carbocycles. The van der Waals surface area contributed by atoms with Crippen molar-refractivity contribution in [1.29, 1.82) is 0 Å². The van der Waals surface area contributed by atoms with Gasteiger partial charge in [-0.2, -0.15) is 0 Å². The lowest BCUT2D eigenvalue weighted by Gasteiger charge is -2.27. The first-order chi connectivity index (χ1) is 5.88. The van der Waals surface area contributed by atoms with E-state index in [-0.39, 0.29) is 0 Å². The summed E-state index contributed by atoms with van der Waals surface area (Å²) in [7, 11) is 0. The Labute approximate surface area is 82.4 Å². The minimum absolute atomic E-state index is 0.628. The summed E-state index contributed by atoms with van der Waals surface area (Å²) >= 11 is 3.52. The first-order valence-electron chi connectivity index (χ1n) is 4.56. The van der Waals surface area contributed by atoms with Gasteiger partial charge in [0.05, 0.1) is 0 Å². The third kappa shape index (κ3) is 2.74. The minimum atomic E-state index is 0.628. The maximum atomic E-state index is 10.1. The molecule has 0 unspecified atom stereocenters. The van der Waals surface area contributed by atoms with Crippen molar-refractivity contribution >= 4 is 22.2 Å². The number of carbonyl (C=O) groups excluding carboxylic acids is 1. The number of aldehydes is 1. The van der Waals surface area contributed by atoms with Gasteiger partial charge < -0.3 is 0 Å². The van der Waals surface area contributed by atoms with E-state index in [0.29, 0.717) is 5.92 Å². The zero-order valence-corrected chi connectivity index (χ0v) is 8.79. The quantitative estimate of drug-likeness (QED) is 0.414. The van der Waals surface area contributed by atoms with Crippen LogP contribution in [0.2, 0.25) is 0 Å². The molecule has 2 atom stereocenters. The zero-order valence-electron chi connectivity index (χ0n) is 7.21. The molecule has 1 aliphatic rings. The maximum Gasteiger partial charge on any atom is 0.142 e. The van der Waals surface area contributed by atoms with E-state index in [4.69, 9.17) is 0 Å². The van der Waals surface area contributed by atoms with Gasteiger partial charge in [-0.15, -0.1) is 0 Å². The molecule has 68 valence electrons. The van der Waals surface area contributed by atoms with Crippen LogP contribution in [-0.4, -0.2) is 11.6 Å². The maximum absolute atomic E-state index is 10.1. The Bertz CT molecular complexity index is 165. The van der Waals surface area contributed by atoms with Crippen LogP contribution in [0.3, 0.4) is 0 Å². The molecule has 0 N–H and O–H groups in total. The van der Waals surface area contributed by atoms with Gasteiger partial charge in [0, 0.05) is 5.33 Å². The summed E-state index contributed by atoms with van der Waals surface area (Å²) in [6.45, 7) is 0. The topological polar surface area (TPSA) is 17.1 Å². The highest BCUT2D eigenvalue weighted by atomic mass is 79.9. The molecule has 0 aromatic heterocycles. The van der Waals surface area contributed by atoms with Gasteiger partial charge in [0.25, 0.3) is 0 Å². The molecule has 1 rings (SSSR count). The van der Waals surface area contributed by atoms with Crippen molar-refractivity contribution < 1.29 is 4.79 Å². The molecular weight excluding hydrogens is 216 g/mol. The van der Waals surface area contributed by atoms with E-state index in [2.05, 4.69) is 22.0 Å². The van der Waals surface area contributed by atoms with E-state index in [0.717, 1.165) is 17.5 Å². The number of rotatable bonds is 3. The van der Waals surface area contributed by atoms with Crippen LogP contribution in [0.4, 0.5) is 0 Å². The molecule has 0 aromatic rings. The highest BCUT2D eigenvalue weighted by molar-refractivity contribution is 9.09. The summed E-state index contributed by atoms with van der Waals surface area (Å²) < 4.78 is 0. The van der Waals surface area contributed by atoms with Crippen LogP contribution in [0, 0.1) is 11.8 Å². The Kier molecular flexibility index (Phi) is 4.59. The van der Waals surface area contributed by atoms with Crippen molar-refractivity contribution in [2.45, 2.75) is 25.7 Å². The summed E-state index contributed by atoms with van der Waals surface area (Å²) in [6, 6.07) is 0. The zero-order chi connectivity index (χ0) is 8.81. The third-order valence-electron chi connectivity index (χ3n) is 2.60. The average Bonchev–Trinajstić information content (AvgIpc) is 2.15. The Hall–Kier alpha value is -0.110. The van der Waals surface area contributed by atoms with Gasteiger partial charge in [0.15, 0.2) is 0 Å². The van der Waals surface area contributed by atoms with E-state index in [1.807, 2.05) is 0 Å². The van der Waals surface area contributed by atoms with Crippen molar-refractivity contribution in [2.24, 2.45) is 11.8 Å². The van der Waals surface area contributed by atoms with E-state index in [9.17, 15) is 4.79 Å². The minimum Gasteiger partial charge on any atom is -0.299 e. The smallest absolute Gasteiger partial charge is 0.142 e. The number of hydrogen-bond acceptors (Lipinski definition) is 1. The fourth-order valence-electron chi connectivity index (χ4n) is 1.87. The molecule has 0 heterocycles. The van der Waals surface area contributed by atoms with Crippen molar-refractivity contribution in [1.82, 2.24) is 0 Å². The number of hydrogen-bond donors (Lipinski definition) is 0. The summed E-state index contributed by atoms with van der Waals surface area (Å²) in [5.41, 5.74) is 0. The Morgan fingerprint density at radius 1 is 1.33 bits per heavy atom. The van der Waals surface area contributed by atoms with Crippen LogP contribution < -0.4 is 0 Å². The van der Waals surface area contributed by atoms with Crippen molar-refractivity contribution in [3.8, 4) is 0 Å². The summed E-state index contributed by atoms with van der Waals surface area (Å²) in [6.07, 6.45) is 9.81. The molecule has 1 fully saturated rings. The van der Waals surface area contributed by atoms with Crippen LogP contribution in [0.1, 0.15) is 25.7 Å². The van der Waals surface area contributed by atoms with E-state index in [1.54, 1.807) is 6.08 Å². The lowest BCUT2D eigenvalue weighted by Crippen LogP contribution is -2.18. The van der Waals surface area contributed by atoms with Gasteiger partial charge in [-0.05, 0) is 30.8 Å². The van der Waals surface area contributed by atoms with Crippen LogP contribution in [0.5, 0.6) is 0 Å². The monoisotopic (exact) mass is 230 g/mol. The van der Waals surface area contributed by atoms with Crippen molar-refractivity contribution in [3.63, 3.8) is 0 Å². The molecule has 1 nitrogen and oxygen atoms in total. The predicted octanol–water partition coefficient (Wildman–Crippen LogP) is 2.94. The second-order valence-electron chi connectivity index (χ2n) is 3.38. The molecular formula is C10H15BrO. The fraction of sp³-hybridized carbons (Fsp3) is 0.700. The summed E-state index contributed by atoms with van der Waals surface area (Å²) in [5, 5.41) is 1.07. The van der Waals surface area contributed by atoms with Crippen LogP contribution in [0.25, 0.3) is 0 Å². The van der Waals surface area contributed by atoms with Gasteiger partial charge in [-0.25, -0.2) is 0 Å². The Morgan fingerprint density at radius 3 is 2.75 bits per heavy atom. The molecule has 0 saturated heterocycles. The molecule has 0 bridgehead atoms. The predicted molar refractivity (Wildman–Crippen MR) is 54.4 cm³/mol. The van der Waals surface area contributed by atoms with Gasteiger partial charge in [-0.1, -0.05) is 34.8 Å². The van der Waals surface area contributed by atoms with Gasteiger partial charge in [-0.3, -0.25) is 4.79 Å². The number of halogens is 1. The molecule has 2 heteroatoms. The van der Waals surface area contributed by atoms with E-state index in [1.165, 1.54) is 25.7 Å². The lowest BCUT2D eigenvalue weighted by atomic mass is 9.80. The van der Waals surface area contributed by atoms with Gasteiger partial charge >= 0.3 is 0 Å². The fourth-order valence-corrected chi connectivity index (χ4v) is 2.67. The first kappa shape index (κ1) is 9.97. The van der Waals surface area contributed by atoms with E-state index < -0.39 is 0 Å². The second-order valence-corrected chi connectivity index (χ2v) is 4.03. The third-order valence-corrected chi connectivity index (χ3v) is 3.43. The SMILES string of the molecule is O=C/C=C/[C@H]1CCCC[C@H]1CBr. The van der Waals surface area contributed by atoms with Crippen LogP contribution in [-0.2, 0) is 4.79 Å². The normalized spacial score (nSPS) is 30.8. The summed E-state index contributed by atoms with van der Waals surface area (Å²) in [4.78, 5) is 10.1.